The predicted octanol–water partition coefficient (Wildman–Crippen LogP) is 6.88. The highest BCUT2D eigenvalue weighted by Crippen LogP contribution is 2.41. The molecule has 0 saturated carbocycles. The third-order valence-electron chi connectivity index (χ3n) is 4.71. The highest BCUT2D eigenvalue weighted by Gasteiger charge is 2.19. The maximum Gasteiger partial charge on any atom is 0.259 e. The number of amides is 1. The number of para-hydroxylation sites is 1. The Bertz CT molecular complexity index is 1320. The lowest BCUT2D eigenvalue weighted by Gasteiger charge is -2.12. The van der Waals surface area contributed by atoms with Crippen LogP contribution in [-0.2, 0) is 0 Å². The van der Waals surface area contributed by atoms with Crippen molar-refractivity contribution < 1.29 is 15.0 Å². The van der Waals surface area contributed by atoms with Gasteiger partial charge in [0.2, 0.25) is 0 Å². The van der Waals surface area contributed by atoms with Crippen molar-refractivity contribution in [1.29, 1.82) is 0 Å². The summed E-state index contributed by atoms with van der Waals surface area (Å²) in [6.07, 6.45) is 0. The van der Waals surface area contributed by atoms with Crippen molar-refractivity contribution in [2.24, 2.45) is 10.2 Å². The van der Waals surface area contributed by atoms with Crippen molar-refractivity contribution in [3.63, 3.8) is 0 Å². The second kappa shape index (κ2) is 8.45. The van der Waals surface area contributed by atoms with Gasteiger partial charge in [0.1, 0.15) is 17.1 Å². The van der Waals surface area contributed by atoms with E-state index in [2.05, 4.69) is 15.5 Å². The fourth-order valence-corrected chi connectivity index (χ4v) is 3.34. The van der Waals surface area contributed by atoms with Gasteiger partial charge in [-0.05, 0) is 48.7 Å². The lowest BCUT2D eigenvalue weighted by molar-refractivity contribution is 0.102. The SMILES string of the molecule is Cc1ccc2c(N=Nc3cc(Cl)ccc3O)c(O)c(C(=O)Nc3ccccc3)cc2c1. The number of benzene rings is 4. The molecule has 4 aromatic carbocycles. The Kier molecular flexibility index (Phi) is 5.56. The summed E-state index contributed by atoms with van der Waals surface area (Å²) >= 11 is 5.97. The van der Waals surface area contributed by atoms with Crippen LogP contribution >= 0.6 is 11.6 Å². The average molecular weight is 432 g/mol. The van der Waals surface area contributed by atoms with Gasteiger partial charge in [0.25, 0.3) is 5.91 Å². The molecule has 0 saturated heterocycles. The predicted molar refractivity (Wildman–Crippen MR) is 122 cm³/mol. The molecule has 7 heteroatoms. The lowest BCUT2D eigenvalue weighted by Crippen LogP contribution is -2.12. The molecule has 4 aromatic rings. The van der Waals surface area contributed by atoms with E-state index in [4.69, 9.17) is 11.6 Å². The van der Waals surface area contributed by atoms with E-state index in [1.54, 1.807) is 36.4 Å². The maximum atomic E-state index is 12.9. The molecule has 3 N–H and O–H groups in total. The van der Waals surface area contributed by atoms with Crippen LogP contribution in [0.25, 0.3) is 10.8 Å². The number of carbonyl (C=O) groups is 1. The quantitative estimate of drug-likeness (QED) is 0.307. The first-order chi connectivity index (χ1) is 14.9. The second-order valence-electron chi connectivity index (χ2n) is 7.00. The number of hydrogen-bond donors (Lipinski definition) is 3. The average Bonchev–Trinajstić information content (AvgIpc) is 2.75. The summed E-state index contributed by atoms with van der Waals surface area (Å²) in [5.74, 6) is -0.894. The minimum Gasteiger partial charge on any atom is -0.506 e. The van der Waals surface area contributed by atoms with Crippen LogP contribution < -0.4 is 5.32 Å². The molecule has 0 atom stereocenters. The summed E-state index contributed by atoms with van der Waals surface area (Å²) in [7, 11) is 0. The number of aromatic hydroxyl groups is 2. The van der Waals surface area contributed by atoms with Crippen LogP contribution in [0.1, 0.15) is 15.9 Å². The second-order valence-corrected chi connectivity index (χ2v) is 7.44. The molecular weight excluding hydrogens is 414 g/mol. The number of phenols is 2. The maximum absolute atomic E-state index is 12.9. The number of fused-ring (bicyclic) bond motifs is 1. The van der Waals surface area contributed by atoms with Crippen LogP contribution in [-0.4, -0.2) is 16.1 Å². The van der Waals surface area contributed by atoms with Crippen LogP contribution in [0.5, 0.6) is 11.5 Å². The molecule has 0 aliphatic heterocycles. The van der Waals surface area contributed by atoms with Crippen LogP contribution in [0, 0.1) is 6.92 Å². The van der Waals surface area contributed by atoms with Gasteiger partial charge in [-0.25, -0.2) is 0 Å². The molecular formula is C24H18ClN3O3. The Morgan fingerprint density at radius 1 is 0.935 bits per heavy atom. The molecule has 154 valence electrons. The Balaban J connectivity index is 1.83. The van der Waals surface area contributed by atoms with Gasteiger partial charge in [0.15, 0.2) is 5.75 Å². The standard InChI is InChI=1S/C24H18ClN3O3/c1-14-7-9-18-15(11-14)12-19(24(31)26-17-5-3-2-4-6-17)23(30)22(18)28-27-20-13-16(25)8-10-21(20)29/h2-13,29-30H,1H3,(H,26,31). The summed E-state index contributed by atoms with van der Waals surface area (Å²) in [6, 6.07) is 20.5. The fourth-order valence-electron chi connectivity index (χ4n) is 3.17. The Hall–Kier alpha value is -3.90. The van der Waals surface area contributed by atoms with E-state index < -0.39 is 5.91 Å². The van der Waals surface area contributed by atoms with Gasteiger partial charge in [0.05, 0.1) is 5.56 Å². The number of nitrogens with zero attached hydrogens (tertiary/aromatic N) is 2. The first kappa shape index (κ1) is 20.4. The highest BCUT2D eigenvalue weighted by molar-refractivity contribution is 6.30. The third kappa shape index (κ3) is 4.34. The van der Waals surface area contributed by atoms with Gasteiger partial charge in [-0.3, -0.25) is 4.79 Å². The van der Waals surface area contributed by atoms with Gasteiger partial charge in [-0.2, -0.15) is 0 Å². The van der Waals surface area contributed by atoms with E-state index in [0.717, 1.165) is 10.9 Å². The van der Waals surface area contributed by atoms with Gasteiger partial charge in [-0.1, -0.05) is 53.6 Å². The molecule has 0 unspecified atom stereocenters. The number of hydrogen-bond acceptors (Lipinski definition) is 5. The molecule has 4 rings (SSSR count). The number of nitrogens with one attached hydrogen (secondary N) is 1. The number of azo groups is 1. The number of phenolic OH excluding ortho intramolecular Hbond substituents is 2. The summed E-state index contributed by atoms with van der Waals surface area (Å²) in [4.78, 5) is 12.9. The largest absolute Gasteiger partial charge is 0.506 e. The van der Waals surface area contributed by atoms with Gasteiger partial charge in [-0.15, -0.1) is 10.2 Å². The number of carbonyl (C=O) groups excluding carboxylic acids is 1. The van der Waals surface area contributed by atoms with Crippen molar-refractivity contribution in [2.45, 2.75) is 6.92 Å². The monoisotopic (exact) mass is 431 g/mol. The van der Waals surface area contributed by atoms with Crippen LogP contribution in [0.3, 0.4) is 0 Å². The zero-order valence-electron chi connectivity index (χ0n) is 16.5. The van der Waals surface area contributed by atoms with E-state index in [9.17, 15) is 15.0 Å². The zero-order chi connectivity index (χ0) is 22.0. The van der Waals surface area contributed by atoms with Gasteiger partial charge >= 0.3 is 0 Å². The smallest absolute Gasteiger partial charge is 0.259 e. The van der Waals surface area contributed by atoms with E-state index in [1.165, 1.54) is 18.2 Å². The van der Waals surface area contributed by atoms with E-state index in [-0.39, 0.29) is 28.4 Å². The molecule has 0 aliphatic rings. The van der Waals surface area contributed by atoms with Crippen molar-refractivity contribution in [3.05, 3.63) is 88.9 Å². The molecule has 0 aliphatic carbocycles. The first-order valence-electron chi connectivity index (χ1n) is 9.45. The number of halogens is 1. The number of aryl methyl sites for hydroxylation is 1. The molecule has 31 heavy (non-hydrogen) atoms. The summed E-state index contributed by atoms with van der Waals surface area (Å²) in [6.45, 7) is 1.93. The highest BCUT2D eigenvalue weighted by atomic mass is 35.5. The van der Waals surface area contributed by atoms with Crippen molar-refractivity contribution in [1.82, 2.24) is 0 Å². The molecule has 0 radical (unpaired) electrons. The Labute approximate surface area is 183 Å². The normalized spacial score (nSPS) is 11.2. The fraction of sp³-hybridized carbons (Fsp3) is 0.0417. The lowest BCUT2D eigenvalue weighted by atomic mass is 10.0. The Morgan fingerprint density at radius 2 is 1.71 bits per heavy atom. The zero-order valence-corrected chi connectivity index (χ0v) is 17.3. The van der Waals surface area contributed by atoms with E-state index in [1.807, 2.05) is 25.1 Å². The molecule has 6 nitrogen and oxygen atoms in total. The van der Waals surface area contributed by atoms with E-state index in [0.29, 0.717) is 16.1 Å². The van der Waals surface area contributed by atoms with Gasteiger partial charge < -0.3 is 15.5 Å². The first-order valence-corrected chi connectivity index (χ1v) is 9.83. The third-order valence-corrected chi connectivity index (χ3v) is 4.95. The molecule has 0 heterocycles. The van der Waals surface area contributed by atoms with Crippen LogP contribution in [0.2, 0.25) is 5.02 Å². The van der Waals surface area contributed by atoms with Gasteiger partial charge in [0, 0.05) is 16.1 Å². The van der Waals surface area contributed by atoms with E-state index >= 15 is 0 Å². The van der Waals surface area contributed by atoms with Crippen molar-refractivity contribution in [2.75, 3.05) is 5.32 Å². The number of anilines is 1. The molecule has 1 amide bonds. The number of rotatable bonds is 4. The molecule has 0 aromatic heterocycles. The van der Waals surface area contributed by atoms with Crippen molar-refractivity contribution in [3.8, 4) is 11.5 Å². The van der Waals surface area contributed by atoms with Crippen molar-refractivity contribution >= 4 is 45.3 Å². The summed E-state index contributed by atoms with van der Waals surface area (Å²) in [5.41, 5.74) is 1.92. The minimum absolute atomic E-state index is 0.0613. The van der Waals surface area contributed by atoms with Crippen LogP contribution in [0.15, 0.2) is 83.0 Å². The molecule has 0 spiro atoms. The summed E-state index contributed by atoms with van der Waals surface area (Å²) in [5, 5.41) is 33.6. The Morgan fingerprint density at radius 3 is 2.48 bits per heavy atom. The minimum atomic E-state index is -0.478. The van der Waals surface area contributed by atoms with Crippen LogP contribution in [0.4, 0.5) is 17.1 Å². The topological polar surface area (TPSA) is 94.3 Å². The molecule has 0 fully saturated rings. The summed E-state index contributed by atoms with van der Waals surface area (Å²) < 4.78 is 0. The molecule has 0 bridgehead atoms.